The second-order valence-corrected chi connectivity index (χ2v) is 8.77. The summed E-state index contributed by atoms with van der Waals surface area (Å²) < 4.78 is 16.6. The Morgan fingerprint density at radius 1 is 1.03 bits per heavy atom. The van der Waals surface area contributed by atoms with Gasteiger partial charge in [-0.15, -0.1) is 11.8 Å². The maximum Gasteiger partial charge on any atom is 0.339 e. The number of benzene rings is 2. The van der Waals surface area contributed by atoms with Crippen molar-refractivity contribution in [2.45, 2.75) is 23.8 Å². The highest BCUT2D eigenvalue weighted by atomic mass is 32.2. The Labute approximate surface area is 196 Å². The monoisotopic (exact) mass is 470 g/mol. The summed E-state index contributed by atoms with van der Waals surface area (Å²) in [4.78, 5) is 39.5. The van der Waals surface area contributed by atoms with Gasteiger partial charge in [0.15, 0.2) is 18.1 Å². The van der Waals surface area contributed by atoms with Crippen LogP contribution in [-0.2, 0) is 14.3 Å². The first kappa shape index (κ1) is 23.0. The first-order chi connectivity index (χ1) is 16.1. The van der Waals surface area contributed by atoms with Crippen LogP contribution >= 0.6 is 11.8 Å². The van der Waals surface area contributed by atoms with E-state index < -0.39 is 18.5 Å². The van der Waals surface area contributed by atoms with Gasteiger partial charge in [0.2, 0.25) is 5.91 Å². The first-order valence-corrected chi connectivity index (χ1v) is 11.9. The number of hydrogen-bond donors (Lipinski definition) is 1. The topological polar surface area (TPSA) is 94.2 Å². The van der Waals surface area contributed by atoms with Crippen molar-refractivity contribution in [1.82, 2.24) is 10.2 Å². The number of carbonyl (C=O) groups excluding carboxylic acids is 3. The number of ether oxygens (including phenoxy) is 3. The number of hydrogen-bond acceptors (Lipinski definition) is 7. The fourth-order valence-electron chi connectivity index (χ4n) is 3.61. The number of esters is 1. The van der Waals surface area contributed by atoms with Crippen LogP contribution in [0.15, 0.2) is 53.4 Å². The molecule has 2 aliphatic heterocycles. The van der Waals surface area contributed by atoms with E-state index in [1.165, 1.54) is 11.8 Å². The standard InChI is InChI=1S/C24H26N2O6S/c27-22(25-13-17-14-30-19-8-2-3-9-20(19)32-17)15-31-24(29)18-7-1-4-10-21(18)33-16-23(28)26-11-5-6-12-26/h1-4,7-10,17H,5-6,11-16H2,(H,25,27). The molecule has 1 saturated heterocycles. The van der Waals surface area contributed by atoms with E-state index in [-0.39, 0.29) is 24.3 Å². The van der Waals surface area contributed by atoms with Gasteiger partial charge in [-0.3, -0.25) is 9.59 Å². The zero-order chi connectivity index (χ0) is 23.0. The Balaban J connectivity index is 1.22. The molecule has 0 radical (unpaired) electrons. The van der Waals surface area contributed by atoms with Crippen LogP contribution in [0.4, 0.5) is 0 Å². The predicted molar refractivity (Wildman–Crippen MR) is 123 cm³/mol. The molecule has 2 aromatic carbocycles. The fraction of sp³-hybridized carbons (Fsp3) is 0.375. The minimum absolute atomic E-state index is 0.0663. The molecule has 1 atom stereocenters. The number of nitrogens with zero attached hydrogens (tertiary/aromatic N) is 1. The van der Waals surface area contributed by atoms with E-state index in [0.29, 0.717) is 28.6 Å². The van der Waals surface area contributed by atoms with E-state index in [2.05, 4.69) is 5.32 Å². The molecule has 0 bridgehead atoms. The second-order valence-electron chi connectivity index (χ2n) is 7.75. The van der Waals surface area contributed by atoms with Gasteiger partial charge in [0.1, 0.15) is 12.7 Å². The molecule has 0 saturated carbocycles. The van der Waals surface area contributed by atoms with Gasteiger partial charge in [-0.2, -0.15) is 0 Å². The third-order valence-corrected chi connectivity index (χ3v) is 6.40. The zero-order valence-electron chi connectivity index (χ0n) is 18.2. The maximum atomic E-state index is 12.6. The van der Waals surface area contributed by atoms with Crippen molar-refractivity contribution in [3.8, 4) is 11.5 Å². The van der Waals surface area contributed by atoms with Crippen LogP contribution in [0, 0.1) is 0 Å². The van der Waals surface area contributed by atoms with Gasteiger partial charge >= 0.3 is 5.97 Å². The molecular weight excluding hydrogens is 444 g/mol. The van der Waals surface area contributed by atoms with E-state index in [4.69, 9.17) is 14.2 Å². The summed E-state index contributed by atoms with van der Waals surface area (Å²) in [5.41, 5.74) is 0.338. The second kappa shape index (κ2) is 11.1. The van der Waals surface area contributed by atoms with E-state index in [9.17, 15) is 14.4 Å². The average Bonchev–Trinajstić information content (AvgIpc) is 3.40. The van der Waals surface area contributed by atoms with Crippen LogP contribution in [-0.4, -0.2) is 67.4 Å². The Hall–Kier alpha value is -3.20. The van der Waals surface area contributed by atoms with Gasteiger partial charge in [0.25, 0.3) is 5.91 Å². The summed E-state index contributed by atoms with van der Waals surface area (Å²) in [5.74, 6) is 0.599. The van der Waals surface area contributed by atoms with Crippen molar-refractivity contribution in [1.29, 1.82) is 0 Å². The first-order valence-electron chi connectivity index (χ1n) is 10.9. The summed E-state index contributed by atoms with van der Waals surface area (Å²) in [6, 6.07) is 14.3. The Morgan fingerprint density at radius 2 is 1.76 bits per heavy atom. The van der Waals surface area contributed by atoms with E-state index in [1.807, 2.05) is 23.1 Å². The summed E-state index contributed by atoms with van der Waals surface area (Å²) >= 11 is 1.31. The minimum Gasteiger partial charge on any atom is -0.486 e. The normalized spacial score (nSPS) is 16.8. The Bertz CT molecular complexity index is 1010. The number of fused-ring (bicyclic) bond motifs is 1. The van der Waals surface area contributed by atoms with Crippen LogP contribution in [0.2, 0.25) is 0 Å². The summed E-state index contributed by atoms with van der Waals surface area (Å²) in [6.07, 6.45) is 1.74. The minimum atomic E-state index is -0.604. The predicted octanol–water partition coefficient (Wildman–Crippen LogP) is 2.51. The molecule has 8 nitrogen and oxygen atoms in total. The highest BCUT2D eigenvalue weighted by molar-refractivity contribution is 8.00. The number of rotatable bonds is 8. The summed E-state index contributed by atoms with van der Waals surface area (Å²) in [6.45, 7) is 1.73. The number of thioether (sulfide) groups is 1. The summed E-state index contributed by atoms with van der Waals surface area (Å²) in [7, 11) is 0. The lowest BCUT2D eigenvalue weighted by Gasteiger charge is -2.26. The lowest BCUT2D eigenvalue weighted by Crippen LogP contribution is -2.42. The number of para-hydroxylation sites is 2. The molecule has 1 fully saturated rings. The van der Waals surface area contributed by atoms with Crippen LogP contribution in [0.25, 0.3) is 0 Å². The largest absolute Gasteiger partial charge is 0.486 e. The van der Waals surface area contributed by atoms with Gasteiger partial charge in [-0.25, -0.2) is 4.79 Å². The molecule has 174 valence electrons. The smallest absolute Gasteiger partial charge is 0.339 e. The average molecular weight is 471 g/mol. The van der Waals surface area contributed by atoms with Crippen molar-refractivity contribution in [3.05, 3.63) is 54.1 Å². The highest BCUT2D eigenvalue weighted by Crippen LogP contribution is 2.30. The lowest BCUT2D eigenvalue weighted by atomic mass is 10.2. The molecular formula is C24H26N2O6S. The van der Waals surface area contributed by atoms with Gasteiger partial charge in [0, 0.05) is 18.0 Å². The Kier molecular flexibility index (Phi) is 7.72. The molecule has 0 spiro atoms. The Morgan fingerprint density at radius 3 is 2.58 bits per heavy atom. The van der Waals surface area contributed by atoms with E-state index >= 15 is 0 Å². The van der Waals surface area contributed by atoms with Crippen LogP contribution in [0.5, 0.6) is 11.5 Å². The SMILES string of the molecule is O=C(COC(=O)c1ccccc1SCC(=O)N1CCCC1)NCC1COc2ccccc2O1. The molecule has 1 N–H and O–H groups in total. The molecule has 2 aromatic rings. The van der Waals surface area contributed by atoms with Gasteiger partial charge in [-0.1, -0.05) is 24.3 Å². The maximum absolute atomic E-state index is 12.6. The number of amides is 2. The van der Waals surface area contributed by atoms with Crippen LogP contribution < -0.4 is 14.8 Å². The van der Waals surface area contributed by atoms with Crippen molar-refractivity contribution in [2.24, 2.45) is 0 Å². The van der Waals surface area contributed by atoms with Crippen molar-refractivity contribution < 1.29 is 28.6 Å². The number of likely N-dealkylation sites (tertiary alicyclic amines) is 1. The molecule has 4 rings (SSSR count). The molecule has 0 aromatic heterocycles. The van der Waals surface area contributed by atoms with E-state index in [1.54, 1.807) is 30.3 Å². The van der Waals surface area contributed by atoms with Crippen molar-refractivity contribution >= 4 is 29.5 Å². The van der Waals surface area contributed by atoms with Crippen molar-refractivity contribution in [2.75, 3.05) is 38.6 Å². The molecule has 2 heterocycles. The molecule has 1 unspecified atom stereocenters. The van der Waals surface area contributed by atoms with Crippen LogP contribution in [0.1, 0.15) is 23.2 Å². The third kappa shape index (κ3) is 6.19. The quantitative estimate of drug-likeness (QED) is 0.468. The van der Waals surface area contributed by atoms with Crippen LogP contribution in [0.3, 0.4) is 0 Å². The highest BCUT2D eigenvalue weighted by Gasteiger charge is 2.22. The molecule has 0 aliphatic carbocycles. The van der Waals surface area contributed by atoms with Gasteiger partial charge in [0.05, 0.1) is 17.9 Å². The van der Waals surface area contributed by atoms with Crippen molar-refractivity contribution in [3.63, 3.8) is 0 Å². The van der Waals surface area contributed by atoms with Gasteiger partial charge in [-0.05, 0) is 37.1 Å². The molecule has 2 amide bonds. The van der Waals surface area contributed by atoms with E-state index in [0.717, 1.165) is 25.9 Å². The number of carbonyl (C=O) groups is 3. The molecule has 9 heteroatoms. The third-order valence-electron chi connectivity index (χ3n) is 5.35. The number of nitrogens with one attached hydrogen (secondary N) is 1. The fourth-order valence-corrected chi connectivity index (χ4v) is 4.55. The molecule has 2 aliphatic rings. The summed E-state index contributed by atoms with van der Waals surface area (Å²) in [5, 5.41) is 2.70. The van der Waals surface area contributed by atoms with Gasteiger partial charge < -0.3 is 24.4 Å². The zero-order valence-corrected chi connectivity index (χ0v) is 19.0. The lowest BCUT2D eigenvalue weighted by molar-refractivity contribution is -0.127. The molecule has 33 heavy (non-hydrogen) atoms.